The van der Waals surface area contributed by atoms with Crippen molar-refractivity contribution in [2.24, 2.45) is 7.05 Å². The zero-order chi connectivity index (χ0) is 13.9. The number of hydrogen-bond acceptors (Lipinski definition) is 3. The monoisotopic (exact) mass is 290 g/mol. The first-order valence-electron chi connectivity index (χ1n) is 7.04. The highest BCUT2D eigenvalue weighted by Crippen LogP contribution is 2.37. The molecule has 3 rings (SSSR count). The quantitative estimate of drug-likeness (QED) is 0.920. The van der Waals surface area contributed by atoms with Gasteiger partial charge in [0.2, 0.25) is 0 Å². The number of benzene rings is 1. The fourth-order valence-electron chi connectivity index (χ4n) is 2.71. The molecule has 1 aliphatic carbocycles. The maximum absolute atomic E-state index is 5.91. The van der Waals surface area contributed by atoms with Gasteiger partial charge in [-0.2, -0.15) is 0 Å². The van der Waals surface area contributed by atoms with Crippen molar-refractivity contribution in [1.29, 1.82) is 0 Å². The van der Waals surface area contributed by atoms with E-state index in [9.17, 15) is 0 Å². The lowest BCUT2D eigenvalue weighted by molar-refractivity contribution is 0.292. The summed E-state index contributed by atoms with van der Waals surface area (Å²) in [4.78, 5) is 0. The lowest BCUT2D eigenvalue weighted by Gasteiger charge is -2.36. The average Bonchev–Trinajstić information content (AvgIpc) is 2.79. The van der Waals surface area contributed by atoms with Crippen LogP contribution in [0.25, 0.3) is 0 Å². The summed E-state index contributed by atoms with van der Waals surface area (Å²) < 4.78 is 1.97. The van der Waals surface area contributed by atoms with Gasteiger partial charge >= 0.3 is 0 Å². The summed E-state index contributed by atoms with van der Waals surface area (Å²) in [5.74, 6) is 1.71. The summed E-state index contributed by atoms with van der Waals surface area (Å²) in [6.45, 7) is 0.963. The molecule has 2 aromatic rings. The highest BCUT2D eigenvalue weighted by Gasteiger charge is 2.29. The minimum Gasteiger partial charge on any atom is -0.321 e. The second kappa shape index (κ2) is 5.94. The summed E-state index contributed by atoms with van der Waals surface area (Å²) in [5, 5.41) is 12.4. The third kappa shape index (κ3) is 3.02. The number of hydrogen-bond donors (Lipinski definition) is 1. The number of aromatic nitrogens is 3. The van der Waals surface area contributed by atoms with Gasteiger partial charge in [-0.15, -0.1) is 10.2 Å². The number of nitrogens with zero attached hydrogens (tertiary/aromatic N) is 3. The van der Waals surface area contributed by atoms with Gasteiger partial charge in [0.05, 0.1) is 0 Å². The van der Waals surface area contributed by atoms with Crippen molar-refractivity contribution in [3.8, 4) is 0 Å². The average molecular weight is 291 g/mol. The van der Waals surface area contributed by atoms with Gasteiger partial charge in [-0.25, -0.2) is 0 Å². The molecule has 0 amide bonds. The van der Waals surface area contributed by atoms with E-state index < -0.39 is 0 Å². The van der Waals surface area contributed by atoms with E-state index in [2.05, 4.69) is 27.6 Å². The Morgan fingerprint density at radius 2 is 2.05 bits per heavy atom. The minimum atomic E-state index is 0.629. The van der Waals surface area contributed by atoms with Crippen molar-refractivity contribution in [3.05, 3.63) is 47.0 Å². The molecule has 0 radical (unpaired) electrons. The molecule has 0 aliphatic heterocycles. The SMILES string of the molecule is Cn1cnnc1CCNC1CC(c2ccc(Cl)cc2)C1. The van der Waals surface area contributed by atoms with Crippen LogP contribution in [0.1, 0.15) is 30.1 Å². The summed E-state index contributed by atoms with van der Waals surface area (Å²) in [6.07, 6.45) is 5.09. The smallest absolute Gasteiger partial charge is 0.133 e. The molecular weight excluding hydrogens is 272 g/mol. The Balaban J connectivity index is 1.40. The lowest BCUT2D eigenvalue weighted by Crippen LogP contribution is -2.41. The Hall–Kier alpha value is -1.39. The van der Waals surface area contributed by atoms with Crippen molar-refractivity contribution in [2.75, 3.05) is 6.54 Å². The van der Waals surface area contributed by atoms with Crippen molar-refractivity contribution >= 4 is 11.6 Å². The molecule has 1 N–H and O–H groups in total. The lowest BCUT2D eigenvalue weighted by atomic mass is 9.76. The Kier molecular flexibility index (Phi) is 4.03. The second-order valence-electron chi connectivity index (χ2n) is 5.48. The van der Waals surface area contributed by atoms with Crippen LogP contribution in [0.4, 0.5) is 0 Å². The molecule has 4 nitrogen and oxygen atoms in total. The van der Waals surface area contributed by atoms with Crippen LogP contribution < -0.4 is 5.32 Å². The zero-order valence-corrected chi connectivity index (χ0v) is 12.3. The van der Waals surface area contributed by atoms with Crippen LogP contribution in [0, 0.1) is 0 Å². The zero-order valence-electron chi connectivity index (χ0n) is 11.6. The van der Waals surface area contributed by atoms with Crippen molar-refractivity contribution in [3.63, 3.8) is 0 Å². The van der Waals surface area contributed by atoms with E-state index >= 15 is 0 Å². The third-order valence-corrected chi connectivity index (χ3v) is 4.32. The maximum atomic E-state index is 5.91. The van der Waals surface area contributed by atoms with Crippen LogP contribution in [0.15, 0.2) is 30.6 Å². The van der Waals surface area contributed by atoms with Crippen LogP contribution in [0.3, 0.4) is 0 Å². The van der Waals surface area contributed by atoms with Gasteiger partial charge in [0.1, 0.15) is 12.2 Å². The molecule has 0 bridgehead atoms. The molecular formula is C15H19ClN4. The minimum absolute atomic E-state index is 0.629. The molecule has 0 saturated heterocycles. The third-order valence-electron chi connectivity index (χ3n) is 4.07. The van der Waals surface area contributed by atoms with Crippen molar-refractivity contribution in [1.82, 2.24) is 20.1 Å². The molecule has 20 heavy (non-hydrogen) atoms. The Bertz CT molecular complexity index is 558. The van der Waals surface area contributed by atoms with Gasteiger partial charge in [0.15, 0.2) is 0 Å². The van der Waals surface area contributed by atoms with Gasteiger partial charge in [-0.1, -0.05) is 23.7 Å². The van der Waals surface area contributed by atoms with Crippen LogP contribution in [0.2, 0.25) is 5.02 Å². The van der Waals surface area contributed by atoms with Crippen molar-refractivity contribution in [2.45, 2.75) is 31.2 Å². The van der Waals surface area contributed by atoms with E-state index in [1.54, 1.807) is 6.33 Å². The first-order chi connectivity index (χ1) is 9.72. The fourth-order valence-corrected chi connectivity index (χ4v) is 2.84. The number of halogens is 1. The Morgan fingerprint density at radius 1 is 1.30 bits per heavy atom. The van der Waals surface area contributed by atoms with Gasteiger partial charge in [-0.3, -0.25) is 0 Å². The van der Waals surface area contributed by atoms with E-state index in [0.29, 0.717) is 12.0 Å². The first-order valence-corrected chi connectivity index (χ1v) is 7.42. The molecule has 106 valence electrons. The standard InChI is InChI=1S/C15H19ClN4/c1-20-10-18-19-15(20)6-7-17-14-8-12(9-14)11-2-4-13(16)5-3-11/h2-5,10,12,14,17H,6-9H2,1H3. The Labute approximate surface area is 124 Å². The van der Waals surface area contributed by atoms with Crippen LogP contribution in [-0.4, -0.2) is 27.4 Å². The summed E-state index contributed by atoms with van der Waals surface area (Å²) in [6, 6.07) is 8.87. The highest BCUT2D eigenvalue weighted by atomic mass is 35.5. The predicted octanol–water partition coefficient (Wildman–Crippen LogP) is 2.55. The van der Waals surface area contributed by atoms with Crippen molar-refractivity contribution < 1.29 is 0 Å². The molecule has 0 spiro atoms. The van der Waals surface area contributed by atoms with E-state index in [4.69, 9.17) is 11.6 Å². The fraction of sp³-hybridized carbons (Fsp3) is 0.467. The first kappa shape index (κ1) is 13.6. The number of aryl methyl sites for hydroxylation is 1. The largest absolute Gasteiger partial charge is 0.321 e. The number of rotatable bonds is 5. The predicted molar refractivity (Wildman–Crippen MR) is 79.9 cm³/mol. The molecule has 1 aliphatic rings. The van der Waals surface area contributed by atoms with E-state index in [0.717, 1.165) is 23.8 Å². The molecule has 0 atom stereocenters. The molecule has 1 fully saturated rings. The van der Waals surface area contributed by atoms with Crippen LogP contribution >= 0.6 is 11.6 Å². The number of nitrogens with one attached hydrogen (secondary N) is 1. The molecule has 1 heterocycles. The molecule has 1 aromatic carbocycles. The van der Waals surface area contributed by atoms with Gasteiger partial charge in [0.25, 0.3) is 0 Å². The van der Waals surface area contributed by atoms with Gasteiger partial charge in [-0.05, 0) is 36.5 Å². The maximum Gasteiger partial charge on any atom is 0.133 e. The molecule has 1 saturated carbocycles. The second-order valence-corrected chi connectivity index (χ2v) is 5.92. The molecule has 5 heteroatoms. The van der Waals surface area contributed by atoms with E-state index in [1.165, 1.54) is 18.4 Å². The van der Waals surface area contributed by atoms with Gasteiger partial charge < -0.3 is 9.88 Å². The van der Waals surface area contributed by atoms with Crippen LogP contribution in [-0.2, 0) is 13.5 Å². The summed E-state index contributed by atoms with van der Waals surface area (Å²) in [5.41, 5.74) is 1.40. The van der Waals surface area contributed by atoms with E-state index in [1.807, 2.05) is 23.7 Å². The summed E-state index contributed by atoms with van der Waals surface area (Å²) >= 11 is 5.91. The molecule has 1 aromatic heterocycles. The molecule has 0 unspecified atom stereocenters. The Morgan fingerprint density at radius 3 is 2.70 bits per heavy atom. The normalized spacial score (nSPS) is 21.7. The highest BCUT2D eigenvalue weighted by molar-refractivity contribution is 6.30. The van der Waals surface area contributed by atoms with Gasteiger partial charge in [0, 0.05) is 31.1 Å². The van der Waals surface area contributed by atoms with E-state index in [-0.39, 0.29) is 0 Å². The topological polar surface area (TPSA) is 42.7 Å². The summed E-state index contributed by atoms with van der Waals surface area (Å²) in [7, 11) is 1.98. The van der Waals surface area contributed by atoms with Crippen LogP contribution in [0.5, 0.6) is 0 Å².